The van der Waals surface area contributed by atoms with Gasteiger partial charge < -0.3 is 15.5 Å². The fourth-order valence-corrected chi connectivity index (χ4v) is 3.33. The number of benzene rings is 2. The van der Waals surface area contributed by atoms with Crippen LogP contribution in [0.25, 0.3) is 0 Å². The van der Waals surface area contributed by atoms with Gasteiger partial charge in [-0.1, -0.05) is 46.3 Å². The predicted octanol–water partition coefficient (Wildman–Crippen LogP) is 2.78. The number of piperazine rings is 1. The molecule has 2 aromatic rings. The first-order chi connectivity index (χ1) is 12.1. The van der Waals surface area contributed by atoms with E-state index in [-0.39, 0.29) is 18.2 Å². The van der Waals surface area contributed by atoms with Crippen LogP contribution in [0.5, 0.6) is 0 Å². The summed E-state index contributed by atoms with van der Waals surface area (Å²) in [6, 6.07) is 16.7. The number of nitrogens with one attached hydrogen (secondary N) is 2. The van der Waals surface area contributed by atoms with E-state index in [1.807, 2.05) is 54.6 Å². The fraction of sp³-hybridized carbons (Fsp3) is 0.263. The van der Waals surface area contributed by atoms with Gasteiger partial charge in [-0.3, -0.25) is 9.59 Å². The third-order valence-corrected chi connectivity index (χ3v) is 4.59. The molecule has 1 atom stereocenters. The lowest BCUT2D eigenvalue weighted by Crippen LogP contribution is -2.55. The zero-order chi connectivity index (χ0) is 17.6. The number of carbonyl (C=O) groups excluding carboxylic acids is 2. The molecular weight excluding hydrogens is 382 g/mol. The van der Waals surface area contributed by atoms with E-state index in [4.69, 9.17) is 0 Å². The summed E-state index contributed by atoms with van der Waals surface area (Å²) in [6.45, 7) is 1.88. The van der Waals surface area contributed by atoms with Gasteiger partial charge in [0.1, 0.15) is 0 Å². The molecule has 2 N–H and O–H groups in total. The van der Waals surface area contributed by atoms with Gasteiger partial charge in [0.15, 0.2) is 0 Å². The second-order valence-electron chi connectivity index (χ2n) is 6.01. The maximum atomic E-state index is 12.7. The van der Waals surface area contributed by atoms with Gasteiger partial charge in [0.05, 0.1) is 12.5 Å². The summed E-state index contributed by atoms with van der Waals surface area (Å²) >= 11 is 3.45. The lowest BCUT2D eigenvalue weighted by atomic mass is 10.1. The Morgan fingerprint density at radius 2 is 2.00 bits per heavy atom. The Morgan fingerprint density at radius 3 is 2.76 bits per heavy atom. The van der Waals surface area contributed by atoms with Gasteiger partial charge in [-0.15, -0.1) is 0 Å². The smallest absolute Gasteiger partial charge is 0.240 e. The summed E-state index contributed by atoms with van der Waals surface area (Å²) in [5.74, 6) is -0.198. The molecule has 2 aromatic carbocycles. The molecule has 1 unspecified atom stereocenters. The van der Waals surface area contributed by atoms with Gasteiger partial charge in [-0.2, -0.15) is 0 Å². The molecular formula is C19H20BrN3O2. The molecule has 1 fully saturated rings. The van der Waals surface area contributed by atoms with E-state index in [1.165, 1.54) is 0 Å². The van der Waals surface area contributed by atoms with E-state index in [1.54, 1.807) is 4.90 Å². The standard InChI is InChI=1S/C19H20BrN3O2/c20-15-6-4-5-14(11-15)13-23-10-9-21-17(19(23)25)12-18(24)22-16-7-2-1-3-8-16/h1-8,11,17,21H,9-10,12-13H2,(H,22,24). The molecule has 6 heteroatoms. The normalized spacial score (nSPS) is 17.4. The quantitative estimate of drug-likeness (QED) is 0.809. The van der Waals surface area contributed by atoms with Crippen LogP contribution >= 0.6 is 15.9 Å². The van der Waals surface area contributed by atoms with Crippen molar-refractivity contribution in [1.29, 1.82) is 0 Å². The SMILES string of the molecule is O=C(CC1NCCN(Cc2cccc(Br)c2)C1=O)Nc1ccccc1. The highest BCUT2D eigenvalue weighted by atomic mass is 79.9. The van der Waals surface area contributed by atoms with Gasteiger partial charge in [0, 0.05) is 29.8 Å². The topological polar surface area (TPSA) is 61.4 Å². The average Bonchev–Trinajstić information content (AvgIpc) is 2.59. The van der Waals surface area contributed by atoms with Crippen molar-refractivity contribution < 1.29 is 9.59 Å². The van der Waals surface area contributed by atoms with Crippen LogP contribution in [0.4, 0.5) is 5.69 Å². The summed E-state index contributed by atoms with van der Waals surface area (Å²) in [5, 5.41) is 5.98. The van der Waals surface area contributed by atoms with Gasteiger partial charge in [0.25, 0.3) is 0 Å². The lowest BCUT2D eigenvalue weighted by Gasteiger charge is -2.33. The molecule has 1 saturated heterocycles. The molecule has 1 aliphatic heterocycles. The number of rotatable bonds is 5. The van der Waals surface area contributed by atoms with E-state index >= 15 is 0 Å². The monoisotopic (exact) mass is 401 g/mol. The second kappa shape index (κ2) is 8.27. The summed E-state index contributed by atoms with van der Waals surface area (Å²) in [4.78, 5) is 26.7. The van der Waals surface area contributed by atoms with E-state index in [2.05, 4.69) is 26.6 Å². The Kier molecular flexibility index (Phi) is 5.83. The zero-order valence-corrected chi connectivity index (χ0v) is 15.3. The molecule has 130 valence electrons. The van der Waals surface area contributed by atoms with Crippen LogP contribution in [0.2, 0.25) is 0 Å². The van der Waals surface area contributed by atoms with E-state index in [9.17, 15) is 9.59 Å². The maximum Gasteiger partial charge on any atom is 0.240 e. The molecule has 1 aliphatic rings. The second-order valence-corrected chi connectivity index (χ2v) is 6.93. The predicted molar refractivity (Wildman–Crippen MR) is 101 cm³/mol. The third kappa shape index (κ3) is 4.90. The fourth-order valence-electron chi connectivity index (χ4n) is 2.88. The van der Waals surface area contributed by atoms with Crippen LogP contribution in [0.1, 0.15) is 12.0 Å². The molecule has 0 bridgehead atoms. The van der Waals surface area contributed by atoms with Crippen LogP contribution in [-0.2, 0) is 16.1 Å². The van der Waals surface area contributed by atoms with Crippen molar-refractivity contribution in [2.45, 2.75) is 19.0 Å². The number of hydrogen-bond acceptors (Lipinski definition) is 3. The molecule has 0 aliphatic carbocycles. The summed E-state index contributed by atoms with van der Waals surface area (Å²) in [6.07, 6.45) is 0.128. The number of nitrogens with zero attached hydrogens (tertiary/aromatic N) is 1. The molecule has 2 amide bonds. The lowest BCUT2D eigenvalue weighted by molar-refractivity contribution is -0.138. The highest BCUT2D eigenvalue weighted by molar-refractivity contribution is 9.10. The van der Waals surface area contributed by atoms with Crippen LogP contribution in [0, 0.1) is 0 Å². The molecule has 1 heterocycles. The number of hydrogen-bond donors (Lipinski definition) is 2. The minimum Gasteiger partial charge on any atom is -0.336 e. The van der Waals surface area contributed by atoms with Crippen molar-refractivity contribution in [1.82, 2.24) is 10.2 Å². The number of halogens is 1. The Hall–Kier alpha value is -2.18. The van der Waals surface area contributed by atoms with Crippen molar-refractivity contribution in [3.8, 4) is 0 Å². The minimum atomic E-state index is -0.482. The number of carbonyl (C=O) groups is 2. The van der Waals surface area contributed by atoms with Crippen LogP contribution < -0.4 is 10.6 Å². The van der Waals surface area contributed by atoms with Crippen LogP contribution in [-0.4, -0.2) is 35.8 Å². The van der Waals surface area contributed by atoms with Crippen molar-refractivity contribution in [2.24, 2.45) is 0 Å². The molecule has 5 nitrogen and oxygen atoms in total. The molecule has 3 rings (SSSR count). The van der Waals surface area contributed by atoms with Crippen molar-refractivity contribution >= 4 is 33.4 Å². The first-order valence-electron chi connectivity index (χ1n) is 8.23. The molecule has 0 radical (unpaired) electrons. The molecule has 25 heavy (non-hydrogen) atoms. The van der Waals surface area contributed by atoms with Gasteiger partial charge in [-0.05, 0) is 29.8 Å². The first-order valence-corrected chi connectivity index (χ1v) is 9.02. The summed E-state index contributed by atoms with van der Waals surface area (Å²) in [5.41, 5.74) is 1.80. The average molecular weight is 402 g/mol. The van der Waals surface area contributed by atoms with Gasteiger partial charge in [-0.25, -0.2) is 0 Å². The number of amides is 2. The molecule has 0 aromatic heterocycles. The van der Waals surface area contributed by atoms with E-state index < -0.39 is 6.04 Å². The Bertz CT molecular complexity index is 751. The Morgan fingerprint density at radius 1 is 1.20 bits per heavy atom. The molecule has 0 spiro atoms. The van der Waals surface area contributed by atoms with Gasteiger partial charge in [0.2, 0.25) is 11.8 Å². The highest BCUT2D eigenvalue weighted by Crippen LogP contribution is 2.16. The summed E-state index contributed by atoms with van der Waals surface area (Å²) in [7, 11) is 0. The molecule has 0 saturated carbocycles. The van der Waals surface area contributed by atoms with Crippen LogP contribution in [0.15, 0.2) is 59.1 Å². The van der Waals surface area contributed by atoms with E-state index in [0.717, 1.165) is 15.7 Å². The third-order valence-electron chi connectivity index (χ3n) is 4.09. The maximum absolute atomic E-state index is 12.7. The number of anilines is 1. The van der Waals surface area contributed by atoms with Crippen LogP contribution in [0.3, 0.4) is 0 Å². The van der Waals surface area contributed by atoms with Crippen molar-refractivity contribution in [3.05, 3.63) is 64.6 Å². The van der Waals surface area contributed by atoms with Gasteiger partial charge >= 0.3 is 0 Å². The Balaban J connectivity index is 1.59. The highest BCUT2D eigenvalue weighted by Gasteiger charge is 2.30. The largest absolute Gasteiger partial charge is 0.336 e. The van der Waals surface area contributed by atoms with Crippen molar-refractivity contribution in [2.75, 3.05) is 18.4 Å². The Labute approximate surface area is 155 Å². The summed E-state index contributed by atoms with van der Waals surface area (Å²) < 4.78 is 0.992. The van der Waals surface area contributed by atoms with Crippen molar-refractivity contribution in [3.63, 3.8) is 0 Å². The zero-order valence-electron chi connectivity index (χ0n) is 13.7. The first kappa shape index (κ1) is 17.6. The minimum absolute atomic E-state index is 0.0329. The van der Waals surface area contributed by atoms with E-state index in [0.29, 0.717) is 19.6 Å². The number of para-hydroxylation sites is 1.